The molecule has 0 bridgehead atoms. The van der Waals surface area contributed by atoms with E-state index in [-0.39, 0.29) is 5.91 Å². The van der Waals surface area contributed by atoms with Gasteiger partial charge in [0, 0.05) is 13.5 Å². The zero-order valence-electron chi connectivity index (χ0n) is 9.38. The largest absolute Gasteiger partial charge is 0.311 e. The summed E-state index contributed by atoms with van der Waals surface area (Å²) in [7, 11) is 0. The monoisotopic (exact) mass is 225 g/mol. The van der Waals surface area contributed by atoms with Crippen molar-refractivity contribution in [3.63, 3.8) is 0 Å². The van der Waals surface area contributed by atoms with E-state index in [0.29, 0.717) is 11.6 Å². The second-order valence-corrected chi connectivity index (χ2v) is 3.75. The standard InChI is InChI=1S/C12H16ClNO/c1-4-10-7-6-8-11(12(10)13)14(5-2)9(3)15/h6-8H,4-5H2,1-3H3. The molecule has 15 heavy (non-hydrogen) atoms. The van der Waals surface area contributed by atoms with E-state index in [9.17, 15) is 4.79 Å². The van der Waals surface area contributed by atoms with Crippen LogP contribution in [0.25, 0.3) is 0 Å². The van der Waals surface area contributed by atoms with Gasteiger partial charge in [-0.1, -0.05) is 30.7 Å². The first kappa shape index (κ1) is 12.1. The first-order valence-corrected chi connectivity index (χ1v) is 5.55. The molecule has 0 atom stereocenters. The Kier molecular flexibility index (Phi) is 4.15. The van der Waals surface area contributed by atoms with E-state index in [2.05, 4.69) is 6.92 Å². The van der Waals surface area contributed by atoms with Crippen molar-refractivity contribution in [1.29, 1.82) is 0 Å². The lowest BCUT2D eigenvalue weighted by Gasteiger charge is -2.21. The van der Waals surface area contributed by atoms with E-state index in [1.165, 1.54) is 0 Å². The first-order valence-electron chi connectivity index (χ1n) is 5.17. The number of halogens is 1. The van der Waals surface area contributed by atoms with Crippen molar-refractivity contribution in [1.82, 2.24) is 0 Å². The van der Waals surface area contributed by atoms with Gasteiger partial charge in [-0.05, 0) is 25.0 Å². The molecule has 1 amide bonds. The number of anilines is 1. The summed E-state index contributed by atoms with van der Waals surface area (Å²) in [5, 5.41) is 0.692. The summed E-state index contributed by atoms with van der Waals surface area (Å²) in [6.45, 7) is 6.19. The molecule has 0 aromatic heterocycles. The molecule has 3 heteroatoms. The molecule has 0 saturated heterocycles. The van der Waals surface area contributed by atoms with E-state index in [1.54, 1.807) is 11.8 Å². The summed E-state index contributed by atoms with van der Waals surface area (Å²) in [4.78, 5) is 13.1. The third-order valence-corrected chi connectivity index (χ3v) is 2.86. The van der Waals surface area contributed by atoms with Gasteiger partial charge in [0.05, 0.1) is 10.7 Å². The summed E-state index contributed by atoms with van der Waals surface area (Å²) in [5.41, 5.74) is 1.89. The summed E-state index contributed by atoms with van der Waals surface area (Å²) >= 11 is 6.23. The van der Waals surface area contributed by atoms with Gasteiger partial charge < -0.3 is 4.90 Å². The lowest BCUT2D eigenvalue weighted by atomic mass is 10.1. The number of hydrogen-bond donors (Lipinski definition) is 0. The van der Waals surface area contributed by atoms with Gasteiger partial charge >= 0.3 is 0 Å². The predicted molar refractivity (Wildman–Crippen MR) is 64.5 cm³/mol. The summed E-state index contributed by atoms with van der Waals surface area (Å²) < 4.78 is 0. The zero-order chi connectivity index (χ0) is 11.4. The molecule has 1 rings (SSSR count). The van der Waals surface area contributed by atoms with Crippen LogP contribution in [0.2, 0.25) is 5.02 Å². The van der Waals surface area contributed by atoms with Crippen LogP contribution in [-0.4, -0.2) is 12.5 Å². The van der Waals surface area contributed by atoms with Crippen LogP contribution in [0.3, 0.4) is 0 Å². The van der Waals surface area contributed by atoms with Crippen LogP contribution in [0.15, 0.2) is 18.2 Å². The quantitative estimate of drug-likeness (QED) is 0.773. The lowest BCUT2D eigenvalue weighted by molar-refractivity contribution is -0.116. The fraction of sp³-hybridized carbons (Fsp3) is 0.417. The van der Waals surface area contributed by atoms with Gasteiger partial charge in [-0.15, -0.1) is 0 Å². The number of amides is 1. The Morgan fingerprint density at radius 1 is 1.40 bits per heavy atom. The highest BCUT2D eigenvalue weighted by Gasteiger charge is 2.13. The molecule has 0 N–H and O–H groups in total. The zero-order valence-corrected chi connectivity index (χ0v) is 10.1. The van der Waals surface area contributed by atoms with Crippen molar-refractivity contribution in [2.45, 2.75) is 27.2 Å². The van der Waals surface area contributed by atoms with E-state index >= 15 is 0 Å². The Morgan fingerprint density at radius 3 is 2.53 bits per heavy atom. The molecule has 1 aromatic carbocycles. The molecule has 0 aliphatic heterocycles. The van der Waals surface area contributed by atoms with Crippen molar-refractivity contribution in [3.05, 3.63) is 28.8 Å². The number of nitrogens with zero attached hydrogens (tertiary/aromatic N) is 1. The molecule has 0 aliphatic carbocycles. The van der Waals surface area contributed by atoms with Gasteiger partial charge in [-0.3, -0.25) is 4.79 Å². The molecule has 0 unspecified atom stereocenters. The SMILES string of the molecule is CCc1cccc(N(CC)C(C)=O)c1Cl. The molecule has 0 fully saturated rings. The second-order valence-electron chi connectivity index (χ2n) is 3.37. The minimum Gasteiger partial charge on any atom is -0.311 e. The number of rotatable bonds is 3. The van der Waals surface area contributed by atoms with E-state index < -0.39 is 0 Å². The van der Waals surface area contributed by atoms with Crippen LogP contribution in [0.1, 0.15) is 26.3 Å². The van der Waals surface area contributed by atoms with Crippen molar-refractivity contribution >= 4 is 23.2 Å². The molecule has 82 valence electrons. The van der Waals surface area contributed by atoms with Crippen LogP contribution in [0.4, 0.5) is 5.69 Å². The van der Waals surface area contributed by atoms with Gasteiger partial charge in [0.2, 0.25) is 5.91 Å². The molecular formula is C12H16ClNO. The number of carbonyl (C=O) groups excluding carboxylic acids is 1. The number of aryl methyl sites for hydroxylation is 1. The molecule has 0 aliphatic rings. The molecule has 0 spiro atoms. The summed E-state index contributed by atoms with van der Waals surface area (Å²) in [6, 6.07) is 5.80. The van der Waals surface area contributed by atoms with Crippen molar-refractivity contribution in [2.75, 3.05) is 11.4 Å². The van der Waals surface area contributed by atoms with Gasteiger partial charge in [-0.25, -0.2) is 0 Å². The predicted octanol–water partition coefficient (Wildman–Crippen LogP) is 3.28. The second kappa shape index (κ2) is 5.17. The van der Waals surface area contributed by atoms with Crippen molar-refractivity contribution in [3.8, 4) is 0 Å². The Hall–Kier alpha value is -1.02. The molecular weight excluding hydrogens is 210 g/mol. The maximum Gasteiger partial charge on any atom is 0.223 e. The average molecular weight is 226 g/mol. The van der Waals surface area contributed by atoms with Gasteiger partial charge in [0.25, 0.3) is 0 Å². The van der Waals surface area contributed by atoms with Crippen LogP contribution in [0.5, 0.6) is 0 Å². The Balaban J connectivity index is 3.18. The molecule has 1 aromatic rings. The number of benzene rings is 1. The van der Waals surface area contributed by atoms with Gasteiger partial charge in [-0.2, -0.15) is 0 Å². The van der Waals surface area contributed by atoms with Gasteiger partial charge in [0.1, 0.15) is 0 Å². The maximum absolute atomic E-state index is 11.4. The molecule has 0 saturated carbocycles. The highest BCUT2D eigenvalue weighted by molar-refractivity contribution is 6.34. The number of carbonyl (C=O) groups is 1. The third kappa shape index (κ3) is 2.51. The van der Waals surface area contributed by atoms with Gasteiger partial charge in [0.15, 0.2) is 0 Å². The first-order chi connectivity index (χ1) is 7.11. The topological polar surface area (TPSA) is 20.3 Å². The van der Waals surface area contributed by atoms with Crippen LogP contribution < -0.4 is 4.90 Å². The highest BCUT2D eigenvalue weighted by Crippen LogP contribution is 2.29. The van der Waals surface area contributed by atoms with Crippen LogP contribution in [-0.2, 0) is 11.2 Å². The van der Waals surface area contributed by atoms with Crippen molar-refractivity contribution < 1.29 is 4.79 Å². The Bertz CT molecular complexity index is 363. The minimum absolute atomic E-state index is 0.0210. The fourth-order valence-corrected chi connectivity index (χ4v) is 1.97. The summed E-state index contributed by atoms with van der Waals surface area (Å²) in [6.07, 6.45) is 0.877. The molecule has 2 nitrogen and oxygen atoms in total. The molecule has 0 radical (unpaired) electrons. The maximum atomic E-state index is 11.4. The van der Waals surface area contributed by atoms with E-state index in [1.807, 2.05) is 25.1 Å². The average Bonchev–Trinajstić information content (AvgIpc) is 2.21. The van der Waals surface area contributed by atoms with E-state index in [0.717, 1.165) is 17.7 Å². The van der Waals surface area contributed by atoms with Crippen LogP contribution >= 0.6 is 11.6 Å². The van der Waals surface area contributed by atoms with E-state index in [4.69, 9.17) is 11.6 Å². The lowest BCUT2D eigenvalue weighted by Crippen LogP contribution is -2.28. The Labute approximate surface area is 95.8 Å². The van der Waals surface area contributed by atoms with Crippen molar-refractivity contribution in [2.24, 2.45) is 0 Å². The van der Waals surface area contributed by atoms with Crippen LogP contribution in [0, 0.1) is 0 Å². The minimum atomic E-state index is 0.0210. The Morgan fingerprint density at radius 2 is 2.07 bits per heavy atom. The smallest absolute Gasteiger partial charge is 0.223 e. The fourth-order valence-electron chi connectivity index (χ4n) is 1.61. The molecule has 0 heterocycles. The highest BCUT2D eigenvalue weighted by atomic mass is 35.5. The normalized spacial score (nSPS) is 10.1. The number of hydrogen-bond acceptors (Lipinski definition) is 1. The third-order valence-electron chi connectivity index (χ3n) is 2.43. The summed E-state index contributed by atoms with van der Waals surface area (Å²) in [5.74, 6) is 0.0210.